The molecule has 4 rings (SSSR count). The summed E-state index contributed by atoms with van der Waals surface area (Å²) in [6, 6.07) is 2.62. The third kappa shape index (κ3) is 3.17. The third-order valence-electron chi connectivity index (χ3n) is 4.19. The van der Waals surface area contributed by atoms with E-state index in [4.69, 9.17) is 4.74 Å². The predicted molar refractivity (Wildman–Crippen MR) is 92.5 cm³/mol. The minimum Gasteiger partial charge on any atom is -0.473 e. The van der Waals surface area contributed by atoms with Gasteiger partial charge in [-0.1, -0.05) is 0 Å². The van der Waals surface area contributed by atoms with Crippen molar-refractivity contribution >= 4 is 17.2 Å². The Morgan fingerprint density at radius 2 is 2.38 bits per heavy atom. The van der Waals surface area contributed by atoms with E-state index in [-0.39, 0.29) is 24.4 Å². The number of thiazole rings is 1. The number of imidazole rings is 1. The van der Waals surface area contributed by atoms with E-state index >= 15 is 0 Å². The molecule has 1 atom stereocenters. The molecule has 0 saturated heterocycles. The van der Waals surface area contributed by atoms with E-state index in [1.54, 1.807) is 22.8 Å². The van der Waals surface area contributed by atoms with Crippen molar-refractivity contribution < 1.29 is 13.9 Å². The van der Waals surface area contributed by atoms with Crippen LogP contribution in [-0.4, -0.2) is 43.5 Å². The lowest BCUT2D eigenvalue weighted by molar-refractivity contribution is 0.0638. The zero-order valence-electron chi connectivity index (χ0n) is 14.0. The van der Waals surface area contributed by atoms with Gasteiger partial charge in [-0.25, -0.2) is 19.3 Å². The first-order valence-electron chi connectivity index (χ1n) is 8.07. The minimum absolute atomic E-state index is 0.0484. The zero-order chi connectivity index (χ0) is 18.1. The number of halogens is 1. The number of pyridine rings is 1. The molecule has 0 fully saturated rings. The number of carbonyl (C=O) groups is 1. The van der Waals surface area contributed by atoms with Crippen LogP contribution in [0.5, 0.6) is 5.88 Å². The molecule has 0 saturated carbocycles. The molecule has 4 heterocycles. The maximum Gasteiger partial charge on any atom is 0.273 e. The molecule has 0 spiro atoms. The molecule has 1 unspecified atom stereocenters. The number of aryl methyl sites for hydroxylation is 1. The van der Waals surface area contributed by atoms with E-state index in [2.05, 4.69) is 15.0 Å². The van der Waals surface area contributed by atoms with Crippen LogP contribution in [0.15, 0.2) is 36.2 Å². The average molecular weight is 373 g/mol. The predicted octanol–water partition coefficient (Wildman–Crippen LogP) is 2.46. The molecule has 1 aliphatic heterocycles. The molecule has 1 aliphatic rings. The van der Waals surface area contributed by atoms with Crippen molar-refractivity contribution in [3.63, 3.8) is 0 Å². The second-order valence-corrected chi connectivity index (χ2v) is 7.05. The molecule has 1 amide bonds. The van der Waals surface area contributed by atoms with Crippen LogP contribution in [-0.2, 0) is 6.54 Å². The zero-order valence-corrected chi connectivity index (χ0v) is 14.8. The van der Waals surface area contributed by atoms with E-state index in [1.165, 1.54) is 29.7 Å². The number of ether oxygens (including phenoxy) is 1. The Morgan fingerprint density at radius 3 is 3.15 bits per heavy atom. The standard InChI is InChI=1S/C17H16FN5O2S/c1-11-21-15(9-26-11)17(24)22-6-12-5-19-10-23(12)13(7-22)8-25-16-14(18)3-2-4-20-16/h2-5,9-10,13H,6-8H2,1H3. The highest BCUT2D eigenvalue weighted by molar-refractivity contribution is 7.09. The van der Waals surface area contributed by atoms with Crippen LogP contribution in [0.25, 0.3) is 0 Å². The monoisotopic (exact) mass is 373 g/mol. The van der Waals surface area contributed by atoms with Crippen molar-refractivity contribution in [1.82, 2.24) is 24.4 Å². The molecule has 134 valence electrons. The van der Waals surface area contributed by atoms with Crippen molar-refractivity contribution in [2.45, 2.75) is 19.5 Å². The Labute approximate surface area is 153 Å². The van der Waals surface area contributed by atoms with Crippen molar-refractivity contribution in [2.24, 2.45) is 0 Å². The number of nitrogens with zero attached hydrogens (tertiary/aromatic N) is 5. The fourth-order valence-corrected chi connectivity index (χ4v) is 3.54. The van der Waals surface area contributed by atoms with Gasteiger partial charge in [0.2, 0.25) is 5.88 Å². The van der Waals surface area contributed by atoms with E-state index < -0.39 is 5.82 Å². The summed E-state index contributed by atoms with van der Waals surface area (Å²) < 4.78 is 21.2. The largest absolute Gasteiger partial charge is 0.473 e. The second kappa shape index (κ2) is 6.83. The van der Waals surface area contributed by atoms with Gasteiger partial charge in [-0.05, 0) is 19.1 Å². The van der Waals surface area contributed by atoms with Gasteiger partial charge in [0, 0.05) is 24.3 Å². The first-order chi connectivity index (χ1) is 12.6. The summed E-state index contributed by atoms with van der Waals surface area (Å²) in [5.74, 6) is -0.691. The summed E-state index contributed by atoms with van der Waals surface area (Å²) >= 11 is 1.44. The lowest BCUT2D eigenvalue weighted by atomic mass is 10.2. The molecule has 26 heavy (non-hydrogen) atoms. The maximum atomic E-state index is 13.7. The summed E-state index contributed by atoms with van der Waals surface area (Å²) in [7, 11) is 0. The highest BCUT2D eigenvalue weighted by Crippen LogP contribution is 2.24. The Balaban J connectivity index is 1.53. The highest BCUT2D eigenvalue weighted by atomic mass is 32.1. The van der Waals surface area contributed by atoms with Crippen LogP contribution < -0.4 is 4.74 Å². The Morgan fingerprint density at radius 1 is 1.50 bits per heavy atom. The smallest absolute Gasteiger partial charge is 0.273 e. The molecule has 0 N–H and O–H groups in total. The van der Waals surface area contributed by atoms with Crippen molar-refractivity contribution in [3.8, 4) is 5.88 Å². The molecule has 3 aromatic heterocycles. The van der Waals surface area contributed by atoms with E-state index in [0.717, 1.165) is 10.7 Å². The van der Waals surface area contributed by atoms with E-state index in [1.807, 2.05) is 11.5 Å². The normalized spacial score (nSPS) is 16.4. The highest BCUT2D eigenvalue weighted by Gasteiger charge is 2.30. The summed E-state index contributed by atoms with van der Waals surface area (Å²) in [6.07, 6.45) is 4.90. The van der Waals surface area contributed by atoms with Crippen LogP contribution in [0.2, 0.25) is 0 Å². The number of fused-ring (bicyclic) bond motifs is 1. The fraction of sp³-hybridized carbons (Fsp3) is 0.294. The number of hydrogen-bond donors (Lipinski definition) is 0. The SMILES string of the molecule is Cc1nc(C(=O)N2Cc3cncn3C(COc3ncccc3F)C2)cs1. The molecule has 0 bridgehead atoms. The minimum atomic E-state index is -0.514. The van der Waals surface area contributed by atoms with Gasteiger partial charge in [0.15, 0.2) is 5.82 Å². The summed E-state index contributed by atoms with van der Waals surface area (Å²) in [5, 5.41) is 2.61. The molecule has 0 aromatic carbocycles. The van der Waals surface area contributed by atoms with E-state index in [0.29, 0.717) is 18.8 Å². The van der Waals surface area contributed by atoms with Crippen LogP contribution in [0, 0.1) is 12.7 Å². The molecular weight excluding hydrogens is 357 g/mol. The van der Waals surface area contributed by atoms with Crippen LogP contribution >= 0.6 is 11.3 Å². The van der Waals surface area contributed by atoms with Gasteiger partial charge in [-0.2, -0.15) is 0 Å². The van der Waals surface area contributed by atoms with Crippen molar-refractivity contribution in [2.75, 3.05) is 13.2 Å². The number of carbonyl (C=O) groups excluding carboxylic acids is 1. The maximum absolute atomic E-state index is 13.7. The van der Waals surface area contributed by atoms with Crippen LogP contribution in [0.4, 0.5) is 4.39 Å². The molecule has 3 aromatic rings. The van der Waals surface area contributed by atoms with Crippen LogP contribution in [0.1, 0.15) is 27.2 Å². The first kappa shape index (κ1) is 16.6. The van der Waals surface area contributed by atoms with Gasteiger partial charge < -0.3 is 14.2 Å². The lowest BCUT2D eigenvalue weighted by Gasteiger charge is -2.34. The molecule has 9 heteroatoms. The molecule has 7 nitrogen and oxygen atoms in total. The topological polar surface area (TPSA) is 73.1 Å². The Kier molecular flexibility index (Phi) is 4.37. The van der Waals surface area contributed by atoms with Crippen molar-refractivity contribution in [3.05, 3.63) is 58.4 Å². The molecular formula is C17H16FN5O2S. The Bertz CT molecular complexity index is 941. The number of aromatic nitrogens is 4. The Hall–Kier alpha value is -2.81. The number of amides is 1. The van der Waals surface area contributed by atoms with Gasteiger partial charge >= 0.3 is 0 Å². The van der Waals surface area contributed by atoms with Crippen LogP contribution in [0.3, 0.4) is 0 Å². The third-order valence-corrected chi connectivity index (χ3v) is 4.96. The molecule has 0 radical (unpaired) electrons. The summed E-state index contributed by atoms with van der Waals surface area (Å²) in [6.45, 7) is 2.92. The second-order valence-electron chi connectivity index (χ2n) is 5.98. The quantitative estimate of drug-likeness (QED) is 0.702. The average Bonchev–Trinajstić information content (AvgIpc) is 3.29. The number of hydrogen-bond acceptors (Lipinski definition) is 6. The van der Waals surface area contributed by atoms with Gasteiger partial charge in [0.1, 0.15) is 12.3 Å². The van der Waals surface area contributed by atoms with E-state index in [9.17, 15) is 9.18 Å². The number of rotatable bonds is 4. The van der Waals surface area contributed by atoms with Gasteiger partial charge in [0.05, 0.1) is 29.6 Å². The summed E-state index contributed by atoms with van der Waals surface area (Å²) in [4.78, 5) is 26.8. The lowest BCUT2D eigenvalue weighted by Crippen LogP contribution is -2.42. The fourth-order valence-electron chi connectivity index (χ4n) is 2.95. The summed E-state index contributed by atoms with van der Waals surface area (Å²) in [5.41, 5.74) is 1.34. The molecule has 0 aliphatic carbocycles. The van der Waals surface area contributed by atoms with Crippen molar-refractivity contribution in [1.29, 1.82) is 0 Å². The first-order valence-corrected chi connectivity index (χ1v) is 8.95. The van der Waals surface area contributed by atoms with Gasteiger partial charge in [-0.3, -0.25) is 4.79 Å². The van der Waals surface area contributed by atoms with Gasteiger partial charge in [-0.15, -0.1) is 11.3 Å². The van der Waals surface area contributed by atoms with Gasteiger partial charge in [0.25, 0.3) is 5.91 Å².